The molecule has 0 aliphatic rings. The predicted octanol–water partition coefficient (Wildman–Crippen LogP) is 5.69. The summed E-state index contributed by atoms with van der Waals surface area (Å²) in [5, 5.41) is 0.720. The van der Waals surface area contributed by atoms with Gasteiger partial charge in [-0.3, -0.25) is 4.98 Å². The second-order valence-corrected chi connectivity index (χ2v) is 7.38. The van der Waals surface area contributed by atoms with E-state index in [1.807, 2.05) is 58.0 Å². The average molecular weight is 440 g/mol. The van der Waals surface area contributed by atoms with Crippen LogP contribution in [0.25, 0.3) is 10.9 Å². The molecular weight excluding hydrogens is 410 g/mol. The Bertz CT molecular complexity index is 1110. The first-order chi connectivity index (χ1) is 15.4. The van der Waals surface area contributed by atoms with Crippen molar-refractivity contribution in [2.24, 2.45) is 0 Å². The smallest absolute Gasteiger partial charge is 0.497 e. The number of hydrogen-bond acceptors (Lipinski definition) is 7. The molecule has 0 spiro atoms. The molecule has 170 valence electrons. The van der Waals surface area contributed by atoms with Crippen molar-refractivity contribution in [2.75, 3.05) is 27.4 Å². The lowest BCUT2D eigenvalue weighted by atomic mass is 9.99. The molecule has 32 heavy (non-hydrogen) atoms. The minimum Gasteiger partial charge on any atom is -0.497 e. The van der Waals surface area contributed by atoms with Crippen LogP contribution in [0.4, 0.5) is 4.79 Å². The van der Waals surface area contributed by atoms with Gasteiger partial charge in [0.25, 0.3) is 0 Å². The molecule has 1 heterocycles. The number of fused-ring (bicyclic) bond motifs is 1. The van der Waals surface area contributed by atoms with E-state index in [-0.39, 0.29) is 6.61 Å². The zero-order valence-corrected chi connectivity index (χ0v) is 19.4. The van der Waals surface area contributed by atoms with Crippen molar-refractivity contribution in [2.45, 2.75) is 34.1 Å². The topological polar surface area (TPSA) is 76.1 Å². The minimum absolute atomic E-state index is 0.113. The predicted molar refractivity (Wildman–Crippen MR) is 122 cm³/mol. The lowest BCUT2D eigenvalue weighted by molar-refractivity contribution is 0.0687. The third kappa shape index (κ3) is 4.94. The SMILES string of the molecule is CCc1nc2cc(C)c(Oc3ccc(OC)cc3)c(C)c2c(OC(=O)OCCOC)c1C. The van der Waals surface area contributed by atoms with Crippen molar-refractivity contribution in [3.05, 3.63) is 52.7 Å². The molecule has 0 bridgehead atoms. The number of benzene rings is 2. The Morgan fingerprint density at radius 2 is 1.62 bits per heavy atom. The molecular formula is C25H29NO6. The fourth-order valence-corrected chi connectivity index (χ4v) is 3.58. The van der Waals surface area contributed by atoms with Gasteiger partial charge in [0.2, 0.25) is 0 Å². The van der Waals surface area contributed by atoms with Gasteiger partial charge in [-0.2, -0.15) is 0 Å². The normalized spacial score (nSPS) is 10.8. The van der Waals surface area contributed by atoms with Crippen LogP contribution in [-0.2, 0) is 15.9 Å². The maximum absolute atomic E-state index is 12.3. The molecule has 1 aromatic heterocycles. The van der Waals surface area contributed by atoms with Crippen molar-refractivity contribution in [3.63, 3.8) is 0 Å². The van der Waals surface area contributed by atoms with E-state index in [4.69, 9.17) is 28.7 Å². The second kappa shape index (κ2) is 10.3. The van der Waals surface area contributed by atoms with E-state index in [1.165, 1.54) is 0 Å². The highest BCUT2D eigenvalue weighted by Gasteiger charge is 2.21. The molecule has 0 unspecified atom stereocenters. The van der Waals surface area contributed by atoms with E-state index in [9.17, 15) is 4.79 Å². The standard InChI is InChI=1S/C25H29NO6/c1-7-20-16(3)24(32-25(27)30-13-12-28-5)22-17(4)23(15(2)14-21(22)26-20)31-19-10-8-18(29-6)9-11-19/h8-11,14H,7,12-13H2,1-6H3. The molecule has 7 heteroatoms. The summed E-state index contributed by atoms with van der Waals surface area (Å²) in [7, 11) is 3.16. The van der Waals surface area contributed by atoms with Crippen LogP contribution in [0.15, 0.2) is 30.3 Å². The molecule has 0 radical (unpaired) electrons. The van der Waals surface area contributed by atoms with E-state index < -0.39 is 6.16 Å². The van der Waals surface area contributed by atoms with Gasteiger partial charge < -0.3 is 23.7 Å². The first kappa shape index (κ1) is 23.3. The van der Waals surface area contributed by atoms with E-state index in [1.54, 1.807) is 14.2 Å². The fraction of sp³-hybridized carbons (Fsp3) is 0.360. The van der Waals surface area contributed by atoms with Crippen LogP contribution in [0.5, 0.6) is 23.0 Å². The summed E-state index contributed by atoms with van der Waals surface area (Å²) in [5.41, 5.74) is 4.15. The highest BCUT2D eigenvalue weighted by Crippen LogP contribution is 2.40. The van der Waals surface area contributed by atoms with Crippen molar-refractivity contribution in [3.8, 4) is 23.0 Å². The highest BCUT2D eigenvalue weighted by atomic mass is 16.7. The largest absolute Gasteiger partial charge is 0.513 e. The first-order valence-corrected chi connectivity index (χ1v) is 10.5. The molecule has 0 N–H and O–H groups in total. The number of pyridine rings is 1. The third-order valence-corrected chi connectivity index (χ3v) is 5.25. The molecule has 3 rings (SSSR count). The number of methoxy groups -OCH3 is 2. The third-order valence-electron chi connectivity index (χ3n) is 5.25. The number of rotatable bonds is 8. The van der Waals surface area contributed by atoms with E-state index in [2.05, 4.69) is 0 Å². The van der Waals surface area contributed by atoms with Crippen LogP contribution in [0.1, 0.15) is 29.3 Å². The molecule has 0 fully saturated rings. The van der Waals surface area contributed by atoms with Gasteiger partial charge in [-0.1, -0.05) is 6.92 Å². The Kier molecular flexibility index (Phi) is 7.53. The number of hydrogen-bond donors (Lipinski definition) is 0. The molecule has 0 amide bonds. The van der Waals surface area contributed by atoms with Gasteiger partial charge in [-0.05, 0) is 63.1 Å². The summed E-state index contributed by atoms with van der Waals surface area (Å²) in [4.78, 5) is 17.1. The van der Waals surface area contributed by atoms with Crippen LogP contribution in [0, 0.1) is 20.8 Å². The minimum atomic E-state index is -0.780. The van der Waals surface area contributed by atoms with Gasteiger partial charge in [-0.15, -0.1) is 0 Å². The van der Waals surface area contributed by atoms with Crippen molar-refractivity contribution in [1.29, 1.82) is 0 Å². The highest BCUT2D eigenvalue weighted by molar-refractivity contribution is 5.94. The van der Waals surface area contributed by atoms with Crippen LogP contribution in [-0.4, -0.2) is 38.6 Å². The zero-order chi connectivity index (χ0) is 23.3. The molecule has 2 aromatic carbocycles. The van der Waals surface area contributed by atoms with Gasteiger partial charge in [0, 0.05) is 23.9 Å². The number of carbonyl (C=O) groups is 1. The lowest BCUT2D eigenvalue weighted by Crippen LogP contribution is -2.15. The molecule has 0 aliphatic carbocycles. The van der Waals surface area contributed by atoms with Crippen molar-refractivity contribution >= 4 is 17.1 Å². The number of aryl methyl sites for hydroxylation is 3. The lowest BCUT2D eigenvalue weighted by Gasteiger charge is -2.19. The summed E-state index contributed by atoms with van der Waals surface area (Å²) in [6.07, 6.45) is -0.0729. The van der Waals surface area contributed by atoms with Gasteiger partial charge in [0.15, 0.2) is 0 Å². The summed E-state index contributed by atoms with van der Waals surface area (Å²) < 4.78 is 27.2. The molecule has 0 aliphatic heterocycles. The maximum atomic E-state index is 12.3. The van der Waals surface area contributed by atoms with Crippen molar-refractivity contribution in [1.82, 2.24) is 4.98 Å². The molecule has 7 nitrogen and oxygen atoms in total. The average Bonchev–Trinajstić information content (AvgIpc) is 2.78. The van der Waals surface area contributed by atoms with Crippen molar-refractivity contribution < 1.29 is 28.5 Å². The summed E-state index contributed by atoms with van der Waals surface area (Å²) >= 11 is 0. The van der Waals surface area contributed by atoms with E-state index in [0.717, 1.165) is 39.0 Å². The Balaban J connectivity index is 2.08. The first-order valence-electron chi connectivity index (χ1n) is 10.5. The zero-order valence-electron chi connectivity index (χ0n) is 19.4. The maximum Gasteiger partial charge on any atom is 0.513 e. The Morgan fingerprint density at radius 1 is 0.938 bits per heavy atom. The molecule has 3 aromatic rings. The van der Waals surface area contributed by atoms with Crippen LogP contribution >= 0.6 is 0 Å². The van der Waals surface area contributed by atoms with Crippen LogP contribution in [0.2, 0.25) is 0 Å². The van der Waals surface area contributed by atoms with E-state index >= 15 is 0 Å². The van der Waals surface area contributed by atoms with Gasteiger partial charge >= 0.3 is 6.16 Å². The van der Waals surface area contributed by atoms with Crippen LogP contribution in [0.3, 0.4) is 0 Å². The fourth-order valence-electron chi connectivity index (χ4n) is 3.58. The van der Waals surface area contributed by atoms with Gasteiger partial charge in [0.1, 0.15) is 29.6 Å². The summed E-state index contributed by atoms with van der Waals surface area (Å²) in [5.74, 6) is 2.55. The molecule has 0 saturated heterocycles. The van der Waals surface area contributed by atoms with Crippen LogP contribution < -0.4 is 14.2 Å². The Morgan fingerprint density at radius 3 is 2.25 bits per heavy atom. The molecule has 0 saturated carbocycles. The summed E-state index contributed by atoms with van der Waals surface area (Å²) in [6.45, 7) is 8.22. The van der Waals surface area contributed by atoms with Gasteiger partial charge in [-0.25, -0.2) is 4.79 Å². The second-order valence-electron chi connectivity index (χ2n) is 7.38. The van der Waals surface area contributed by atoms with E-state index in [0.29, 0.717) is 30.3 Å². The van der Waals surface area contributed by atoms with Gasteiger partial charge in [0.05, 0.1) is 24.6 Å². The number of carbonyl (C=O) groups excluding carboxylic acids is 1. The summed E-state index contributed by atoms with van der Waals surface area (Å²) in [6, 6.07) is 9.31. The quantitative estimate of drug-likeness (QED) is 0.330. The monoisotopic (exact) mass is 439 g/mol. The molecule has 0 atom stereocenters. The number of nitrogens with zero attached hydrogens (tertiary/aromatic N) is 1. The Hall–Kier alpha value is -3.32. The number of ether oxygens (including phenoxy) is 5. The Labute approximate surface area is 188 Å². The number of aromatic nitrogens is 1.